The molecule has 0 spiro atoms. The fourth-order valence-corrected chi connectivity index (χ4v) is 2.15. The summed E-state index contributed by atoms with van der Waals surface area (Å²) in [4.78, 5) is 4.34. The first-order chi connectivity index (χ1) is 7.53. The van der Waals surface area contributed by atoms with Crippen LogP contribution in [0.15, 0.2) is 17.2 Å². The van der Waals surface area contributed by atoms with Gasteiger partial charge >= 0.3 is 0 Å². The molecule has 0 aromatic carbocycles. The van der Waals surface area contributed by atoms with E-state index in [9.17, 15) is 8.42 Å². The predicted octanol–water partition coefficient (Wildman–Crippen LogP) is 0.872. The molecular formula is C10H15N3O2S. The van der Waals surface area contributed by atoms with Crippen LogP contribution < -0.4 is 10.0 Å². The van der Waals surface area contributed by atoms with Crippen molar-refractivity contribution < 1.29 is 8.42 Å². The summed E-state index contributed by atoms with van der Waals surface area (Å²) in [6, 6.07) is 2.14. The van der Waals surface area contributed by atoms with Gasteiger partial charge in [0.25, 0.3) is 0 Å². The zero-order valence-corrected chi connectivity index (χ0v) is 10.1. The average Bonchev–Trinajstić information content (AvgIpc) is 3.05. The van der Waals surface area contributed by atoms with E-state index in [2.05, 4.69) is 15.0 Å². The molecule has 1 aliphatic rings. The van der Waals surface area contributed by atoms with Gasteiger partial charge in [-0.05, 0) is 38.4 Å². The van der Waals surface area contributed by atoms with Crippen molar-refractivity contribution >= 4 is 15.8 Å². The number of aryl methyl sites for hydroxylation is 1. The van der Waals surface area contributed by atoms with Crippen molar-refractivity contribution in [3.8, 4) is 0 Å². The van der Waals surface area contributed by atoms with E-state index in [0.29, 0.717) is 6.04 Å². The monoisotopic (exact) mass is 241 g/mol. The highest BCUT2D eigenvalue weighted by atomic mass is 32.2. The molecule has 6 heteroatoms. The maximum absolute atomic E-state index is 11.5. The van der Waals surface area contributed by atoms with E-state index >= 15 is 0 Å². The van der Waals surface area contributed by atoms with Crippen LogP contribution in [0.5, 0.6) is 0 Å². The molecule has 1 fully saturated rings. The zero-order chi connectivity index (χ0) is 11.8. The number of hydrogen-bond donors (Lipinski definition) is 2. The van der Waals surface area contributed by atoms with Crippen molar-refractivity contribution in [2.24, 2.45) is 0 Å². The summed E-state index contributed by atoms with van der Waals surface area (Å²) in [5.41, 5.74) is 0.850. The van der Waals surface area contributed by atoms with Crippen molar-refractivity contribution in [3.05, 3.63) is 17.8 Å². The number of aromatic nitrogens is 1. The van der Waals surface area contributed by atoms with Gasteiger partial charge in [-0.2, -0.15) is 0 Å². The molecule has 1 saturated carbocycles. The second kappa shape index (κ2) is 4.03. The van der Waals surface area contributed by atoms with Crippen LogP contribution in [0.1, 0.15) is 18.4 Å². The first-order valence-corrected chi connectivity index (χ1v) is 6.68. The smallest absolute Gasteiger partial charge is 0.241 e. The lowest BCUT2D eigenvalue weighted by molar-refractivity contribution is 0.588. The second-order valence-electron chi connectivity index (χ2n) is 3.96. The van der Waals surface area contributed by atoms with E-state index in [-0.39, 0.29) is 4.90 Å². The third kappa shape index (κ3) is 2.33. The first-order valence-electron chi connectivity index (χ1n) is 5.19. The largest absolute Gasteiger partial charge is 0.367 e. The highest BCUT2D eigenvalue weighted by Crippen LogP contribution is 2.25. The topological polar surface area (TPSA) is 71.1 Å². The maximum Gasteiger partial charge on any atom is 0.241 e. The SMILES string of the molecule is CNS(=O)(=O)c1cnc(NC2CC2)c(C)c1. The molecule has 1 heterocycles. The lowest BCUT2D eigenvalue weighted by atomic mass is 10.3. The summed E-state index contributed by atoms with van der Waals surface area (Å²) in [6.45, 7) is 1.85. The zero-order valence-electron chi connectivity index (χ0n) is 9.32. The molecule has 1 aliphatic carbocycles. The number of sulfonamides is 1. The Kier molecular flexibility index (Phi) is 2.86. The number of anilines is 1. The lowest BCUT2D eigenvalue weighted by Gasteiger charge is -2.09. The molecule has 2 N–H and O–H groups in total. The molecule has 1 aromatic rings. The number of hydrogen-bond acceptors (Lipinski definition) is 4. The number of nitrogens with zero attached hydrogens (tertiary/aromatic N) is 1. The van der Waals surface area contributed by atoms with Gasteiger partial charge in [-0.3, -0.25) is 0 Å². The van der Waals surface area contributed by atoms with E-state index in [1.165, 1.54) is 13.2 Å². The molecule has 0 amide bonds. The van der Waals surface area contributed by atoms with Crippen molar-refractivity contribution in [1.29, 1.82) is 0 Å². The molecule has 0 unspecified atom stereocenters. The minimum absolute atomic E-state index is 0.203. The van der Waals surface area contributed by atoms with Gasteiger partial charge in [0.05, 0.1) is 0 Å². The standard InChI is InChI=1S/C10H15N3O2S/c1-7-5-9(16(14,15)11-2)6-12-10(7)13-8-3-4-8/h5-6,8,11H,3-4H2,1-2H3,(H,12,13). The van der Waals surface area contributed by atoms with Crippen molar-refractivity contribution in [2.45, 2.75) is 30.7 Å². The first kappa shape index (κ1) is 11.3. The summed E-state index contributed by atoms with van der Waals surface area (Å²) in [6.07, 6.45) is 3.71. The third-order valence-electron chi connectivity index (χ3n) is 2.55. The molecule has 1 aromatic heterocycles. The quantitative estimate of drug-likeness (QED) is 0.820. The van der Waals surface area contributed by atoms with Crippen LogP contribution in [0, 0.1) is 6.92 Å². The molecule has 5 nitrogen and oxygen atoms in total. The van der Waals surface area contributed by atoms with Crippen LogP contribution in [-0.4, -0.2) is 26.5 Å². The minimum atomic E-state index is -3.39. The normalized spacial score (nSPS) is 16.1. The minimum Gasteiger partial charge on any atom is -0.367 e. The van der Waals surface area contributed by atoms with Crippen LogP contribution in [-0.2, 0) is 10.0 Å². The van der Waals surface area contributed by atoms with Gasteiger partial charge in [-0.25, -0.2) is 18.1 Å². The average molecular weight is 241 g/mol. The summed E-state index contributed by atoms with van der Waals surface area (Å²) < 4.78 is 25.3. The Hall–Kier alpha value is -1.14. The molecule has 0 radical (unpaired) electrons. The molecule has 2 rings (SSSR count). The molecule has 0 saturated heterocycles. The molecule has 88 valence electrons. The van der Waals surface area contributed by atoms with Gasteiger partial charge in [0, 0.05) is 12.2 Å². The Labute approximate surface area is 95.3 Å². The highest BCUT2D eigenvalue weighted by Gasteiger charge is 2.22. The summed E-state index contributed by atoms with van der Waals surface area (Å²) in [5, 5.41) is 3.25. The second-order valence-corrected chi connectivity index (χ2v) is 5.85. The van der Waals surface area contributed by atoms with E-state index < -0.39 is 10.0 Å². The van der Waals surface area contributed by atoms with Crippen LogP contribution in [0.2, 0.25) is 0 Å². The van der Waals surface area contributed by atoms with Gasteiger partial charge in [0.15, 0.2) is 0 Å². The maximum atomic E-state index is 11.5. The lowest BCUT2D eigenvalue weighted by Crippen LogP contribution is -2.19. The molecule has 0 aliphatic heterocycles. The fraction of sp³-hybridized carbons (Fsp3) is 0.500. The Bertz CT molecular complexity index is 495. The van der Waals surface area contributed by atoms with Gasteiger partial charge in [-0.1, -0.05) is 0 Å². The van der Waals surface area contributed by atoms with Crippen LogP contribution >= 0.6 is 0 Å². The van der Waals surface area contributed by atoms with E-state index in [1.807, 2.05) is 6.92 Å². The number of pyridine rings is 1. The summed E-state index contributed by atoms with van der Waals surface area (Å²) >= 11 is 0. The van der Waals surface area contributed by atoms with Crippen molar-refractivity contribution in [1.82, 2.24) is 9.71 Å². The van der Waals surface area contributed by atoms with Crippen LogP contribution in [0.25, 0.3) is 0 Å². The molecule has 16 heavy (non-hydrogen) atoms. The number of rotatable bonds is 4. The van der Waals surface area contributed by atoms with Crippen LogP contribution in [0.3, 0.4) is 0 Å². The predicted molar refractivity (Wildman–Crippen MR) is 61.9 cm³/mol. The molecule has 0 atom stereocenters. The Morgan fingerprint density at radius 3 is 2.62 bits per heavy atom. The summed E-state index contributed by atoms with van der Waals surface area (Å²) in [5.74, 6) is 0.776. The Balaban J connectivity index is 2.28. The van der Waals surface area contributed by atoms with Gasteiger partial charge in [0.2, 0.25) is 10.0 Å². The molecule has 0 bridgehead atoms. The van der Waals surface area contributed by atoms with Gasteiger partial charge in [-0.15, -0.1) is 0 Å². The van der Waals surface area contributed by atoms with Gasteiger partial charge < -0.3 is 5.32 Å². The highest BCUT2D eigenvalue weighted by molar-refractivity contribution is 7.89. The van der Waals surface area contributed by atoms with E-state index in [0.717, 1.165) is 24.2 Å². The summed E-state index contributed by atoms with van der Waals surface area (Å²) in [7, 11) is -2.00. The molecular weight excluding hydrogens is 226 g/mol. The van der Waals surface area contributed by atoms with Crippen molar-refractivity contribution in [3.63, 3.8) is 0 Å². The van der Waals surface area contributed by atoms with Crippen LogP contribution in [0.4, 0.5) is 5.82 Å². The van der Waals surface area contributed by atoms with Crippen molar-refractivity contribution in [2.75, 3.05) is 12.4 Å². The fourth-order valence-electron chi connectivity index (χ4n) is 1.39. The Morgan fingerprint density at radius 2 is 2.12 bits per heavy atom. The van der Waals surface area contributed by atoms with E-state index in [1.54, 1.807) is 6.07 Å². The third-order valence-corrected chi connectivity index (χ3v) is 3.93. The Morgan fingerprint density at radius 1 is 1.44 bits per heavy atom. The number of nitrogens with one attached hydrogen (secondary N) is 2. The van der Waals surface area contributed by atoms with Gasteiger partial charge in [0.1, 0.15) is 10.7 Å². The van der Waals surface area contributed by atoms with E-state index in [4.69, 9.17) is 0 Å².